The third-order valence-corrected chi connectivity index (χ3v) is 4.09. The highest BCUT2D eigenvalue weighted by Gasteiger charge is 2.12. The Morgan fingerprint density at radius 1 is 0.840 bits per heavy atom. The van der Waals surface area contributed by atoms with Gasteiger partial charge in [0.15, 0.2) is 0 Å². The van der Waals surface area contributed by atoms with E-state index in [2.05, 4.69) is 25.1 Å². The van der Waals surface area contributed by atoms with Crippen LogP contribution >= 0.6 is 0 Å². The van der Waals surface area contributed by atoms with Crippen molar-refractivity contribution in [1.29, 1.82) is 0 Å². The molecule has 3 N–H and O–H groups in total. The normalized spacial score (nSPS) is 19.1. The minimum Gasteiger partial charge on any atom is -0.477 e. The van der Waals surface area contributed by atoms with Crippen LogP contribution in [0.25, 0.3) is 0 Å². The molecule has 0 saturated carbocycles. The van der Waals surface area contributed by atoms with Crippen molar-refractivity contribution in [1.82, 2.24) is 15.1 Å². The van der Waals surface area contributed by atoms with Gasteiger partial charge in [0.2, 0.25) is 0 Å². The molecule has 9 nitrogen and oxygen atoms in total. The summed E-state index contributed by atoms with van der Waals surface area (Å²) in [6, 6.07) is 0. The number of aliphatic carboxylic acids is 2. The van der Waals surface area contributed by atoms with Gasteiger partial charge >= 0.3 is 11.9 Å². The van der Waals surface area contributed by atoms with Gasteiger partial charge in [0.25, 0.3) is 0 Å². The second-order valence-electron chi connectivity index (χ2n) is 5.98. The van der Waals surface area contributed by atoms with E-state index in [1.165, 1.54) is 13.8 Å². The Morgan fingerprint density at radius 3 is 1.60 bits per heavy atom. The highest BCUT2D eigenvalue weighted by Crippen LogP contribution is 1.96. The summed E-state index contributed by atoms with van der Waals surface area (Å²) in [6.07, 6.45) is 0. The lowest BCUT2D eigenvalue weighted by molar-refractivity contribution is -0.130. The fourth-order valence-electron chi connectivity index (χ4n) is 2.41. The van der Waals surface area contributed by atoms with E-state index in [4.69, 9.17) is 10.2 Å². The molecule has 0 aromatic rings. The molecular weight excluding hydrogens is 326 g/mol. The van der Waals surface area contributed by atoms with Crippen LogP contribution in [0.2, 0.25) is 0 Å². The summed E-state index contributed by atoms with van der Waals surface area (Å²) in [7, 11) is 0. The molecule has 0 unspecified atom stereocenters. The van der Waals surface area contributed by atoms with Gasteiger partial charge < -0.3 is 15.5 Å². The molecule has 1 heterocycles. The zero-order valence-corrected chi connectivity index (χ0v) is 15.1. The molecule has 1 fully saturated rings. The number of rotatable bonds is 8. The van der Waals surface area contributed by atoms with Gasteiger partial charge in [0.1, 0.15) is 11.4 Å². The largest absolute Gasteiger partial charge is 0.477 e. The third-order valence-electron chi connectivity index (χ3n) is 4.09. The molecule has 0 amide bonds. The number of carbonyl (C=O) groups is 2. The highest BCUT2D eigenvalue weighted by atomic mass is 16.4. The van der Waals surface area contributed by atoms with E-state index in [9.17, 15) is 9.59 Å². The third kappa shape index (κ3) is 9.28. The molecule has 142 valence electrons. The molecule has 0 spiro atoms. The zero-order valence-electron chi connectivity index (χ0n) is 15.1. The van der Waals surface area contributed by atoms with Crippen LogP contribution < -0.4 is 5.32 Å². The molecule has 25 heavy (non-hydrogen) atoms. The van der Waals surface area contributed by atoms with Crippen molar-refractivity contribution < 1.29 is 19.8 Å². The zero-order chi connectivity index (χ0) is 18.7. The van der Waals surface area contributed by atoms with Crippen LogP contribution in [0.1, 0.15) is 13.8 Å². The van der Waals surface area contributed by atoms with Crippen molar-refractivity contribution in [2.75, 3.05) is 65.4 Å². The van der Waals surface area contributed by atoms with Gasteiger partial charge in [-0.2, -0.15) is 0 Å². The molecular formula is C16H29N5O4. The number of hydrogen-bond donors (Lipinski definition) is 3. The quantitative estimate of drug-likeness (QED) is 0.492. The van der Waals surface area contributed by atoms with Crippen LogP contribution in [0, 0.1) is 0 Å². The van der Waals surface area contributed by atoms with Gasteiger partial charge in [-0.1, -0.05) is 0 Å². The van der Waals surface area contributed by atoms with Gasteiger partial charge in [-0.15, -0.1) is 0 Å². The minimum atomic E-state index is -0.977. The summed E-state index contributed by atoms with van der Waals surface area (Å²) in [6.45, 7) is 10.7. The van der Waals surface area contributed by atoms with Crippen molar-refractivity contribution in [3.05, 3.63) is 0 Å². The maximum absolute atomic E-state index is 10.8. The first-order chi connectivity index (χ1) is 11.9. The van der Waals surface area contributed by atoms with E-state index >= 15 is 0 Å². The van der Waals surface area contributed by atoms with Crippen LogP contribution in [0.15, 0.2) is 9.98 Å². The Balaban J connectivity index is 2.45. The van der Waals surface area contributed by atoms with Gasteiger partial charge in [0.05, 0.1) is 13.1 Å². The van der Waals surface area contributed by atoms with E-state index in [1.54, 1.807) is 0 Å². The molecule has 0 radical (unpaired) electrons. The van der Waals surface area contributed by atoms with Gasteiger partial charge in [0, 0.05) is 52.4 Å². The first-order valence-electron chi connectivity index (χ1n) is 8.54. The van der Waals surface area contributed by atoms with Gasteiger partial charge in [-0.3, -0.25) is 19.8 Å². The van der Waals surface area contributed by atoms with Crippen molar-refractivity contribution >= 4 is 23.4 Å². The number of nitrogens with zero attached hydrogens (tertiary/aromatic N) is 4. The molecule has 0 aromatic carbocycles. The molecule has 9 heteroatoms. The van der Waals surface area contributed by atoms with E-state index in [-0.39, 0.29) is 11.4 Å². The molecule has 1 saturated heterocycles. The summed E-state index contributed by atoms with van der Waals surface area (Å²) >= 11 is 0. The Kier molecular flexibility index (Phi) is 9.90. The van der Waals surface area contributed by atoms with Crippen LogP contribution in [0.3, 0.4) is 0 Å². The number of carboxylic acids is 2. The van der Waals surface area contributed by atoms with Crippen LogP contribution in [0.5, 0.6) is 0 Å². The Morgan fingerprint density at radius 2 is 1.24 bits per heavy atom. The first kappa shape index (κ1) is 21.2. The smallest absolute Gasteiger partial charge is 0.349 e. The maximum atomic E-state index is 10.8. The van der Waals surface area contributed by atoms with Crippen molar-refractivity contribution in [2.45, 2.75) is 13.8 Å². The Labute approximate surface area is 148 Å². The van der Waals surface area contributed by atoms with Crippen molar-refractivity contribution in [2.24, 2.45) is 9.98 Å². The van der Waals surface area contributed by atoms with Gasteiger partial charge in [-0.05, 0) is 13.8 Å². The predicted molar refractivity (Wildman–Crippen MR) is 97.0 cm³/mol. The average molecular weight is 355 g/mol. The fourth-order valence-corrected chi connectivity index (χ4v) is 2.41. The van der Waals surface area contributed by atoms with Crippen molar-refractivity contribution in [3.8, 4) is 0 Å². The molecule has 0 aliphatic carbocycles. The lowest BCUT2D eigenvalue weighted by atomic mass is 10.4. The van der Waals surface area contributed by atoms with Crippen molar-refractivity contribution in [3.63, 3.8) is 0 Å². The standard InChI is InChI=1S/C16H29N5O4/c1-13(15(22)23)18-5-9-20-7-3-17-4-8-21(12-11-20)10-6-19-14(2)16(24)25/h17H,3-12H2,1-2H3,(H,22,23)(H,24,25). The molecule has 1 aliphatic rings. The topological polar surface area (TPSA) is 118 Å². The predicted octanol–water partition coefficient (Wildman–Crippen LogP) is -0.715. The number of aliphatic imine (C=N–C) groups is 2. The number of nitrogens with one attached hydrogen (secondary N) is 1. The summed E-state index contributed by atoms with van der Waals surface area (Å²) < 4.78 is 0. The number of hydrogen-bond acceptors (Lipinski definition) is 7. The van der Waals surface area contributed by atoms with E-state index in [1.807, 2.05) is 0 Å². The molecule has 0 aromatic heterocycles. The van der Waals surface area contributed by atoms with Crippen LogP contribution in [-0.4, -0.2) is 109 Å². The van der Waals surface area contributed by atoms with E-state index < -0.39 is 11.9 Å². The summed E-state index contributed by atoms with van der Waals surface area (Å²) in [4.78, 5) is 34.2. The van der Waals surface area contributed by atoms with E-state index in [0.29, 0.717) is 13.1 Å². The summed E-state index contributed by atoms with van der Waals surface area (Å²) in [5.74, 6) is -1.95. The number of carboxylic acid groups (broad SMARTS) is 2. The molecule has 1 rings (SSSR count). The van der Waals surface area contributed by atoms with E-state index in [0.717, 1.165) is 52.4 Å². The summed E-state index contributed by atoms with van der Waals surface area (Å²) in [5.41, 5.74) is 0.270. The lowest BCUT2D eigenvalue weighted by Gasteiger charge is -2.25. The monoisotopic (exact) mass is 355 g/mol. The fraction of sp³-hybridized carbons (Fsp3) is 0.750. The Bertz CT molecular complexity index is 463. The van der Waals surface area contributed by atoms with Gasteiger partial charge in [-0.25, -0.2) is 9.59 Å². The minimum absolute atomic E-state index is 0.135. The second kappa shape index (κ2) is 11.7. The highest BCUT2D eigenvalue weighted by molar-refractivity contribution is 6.34. The molecule has 1 aliphatic heterocycles. The first-order valence-corrected chi connectivity index (χ1v) is 8.54. The van der Waals surface area contributed by atoms with Crippen LogP contribution in [-0.2, 0) is 9.59 Å². The lowest BCUT2D eigenvalue weighted by Crippen LogP contribution is -2.38. The SMILES string of the molecule is CC(=NCCN1CCNCCN(CCN=C(C)C(=O)O)CC1)C(=O)O. The molecule has 0 atom stereocenters. The summed E-state index contributed by atoms with van der Waals surface area (Å²) in [5, 5.41) is 21.0. The molecule has 0 bridgehead atoms. The average Bonchev–Trinajstić information content (AvgIpc) is 2.67. The second-order valence-corrected chi connectivity index (χ2v) is 5.98. The van der Waals surface area contributed by atoms with Crippen LogP contribution in [0.4, 0.5) is 0 Å². The Hall–Kier alpha value is -1.84. The maximum Gasteiger partial charge on any atom is 0.349 e.